The summed E-state index contributed by atoms with van der Waals surface area (Å²) in [4.78, 5) is 16.7. The number of piperazine rings is 1. The first-order valence-corrected chi connectivity index (χ1v) is 10.0. The minimum absolute atomic E-state index is 0.0948. The second-order valence-electron chi connectivity index (χ2n) is 7.97. The van der Waals surface area contributed by atoms with Crippen LogP contribution in [0.15, 0.2) is 30.3 Å². The molecular weight excluding hydrogens is 381 g/mol. The van der Waals surface area contributed by atoms with Crippen LogP contribution in [0.3, 0.4) is 0 Å². The number of aromatic nitrogens is 2. The lowest BCUT2D eigenvalue weighted by Gasteiger charge is -2.35. The molecule has 0 radical (unpaired) electrons. The molecule has 5 nitrogen and oxygen atoms in total. The molecule has 1 aliphatic heterocycles. The Bertz CT molecular complexity index is 880. The molecule has 1 amide bonds. The van der Waals surface area contributed by atoms with E-state index in [0.717, 1.165) is 38.5 Å². The van der Waals surface area contributed by atoms with Gasteiger partial charge in [0.2, 0.25) is 5.91 Å². The van der Waals surface area contributed by atoms with Gasteiger partial charge in [-0.05, 0) is 37.0 Å². The van der Waals surface area contributed by atoms with E-state index in [1.165, 1.54) is 15.8 Å². The van der Waals surface area contributed by atoms with Gasteiger partial charge in [-0.25, -0.2) is 0 Å². The van der Waals surface area contributed by atoms with Gasteiger partial charge in [-0.15, -0.1) is 0 Å². The lowest BCUT2D eigenvalue weighted by molar-refractivity contribution is -0.142. The van der Waals surface area contributed by atoms with E-state index in [9.17, 15) is 18.0 Å². The van der Waals surface area contributed by atoms with Gasteiger partial charge in [0, 0.05) is 44.3 Å². The van der Waals surface area contributed by atoms with Crippen LogP contribution in [0.5, 0.6) is 0 Å². The summed E-state index contributed by atoms with van der Waals surface area (Å²) in [5.74, 6) is -0.0726. The summed E-state index contributed by atoms with van der Waals surface area (Å²) < 4.78 is 40.4. The third-order valence-electron chi connectivity index (χ3n) is 5.76. The fourth-order valence-corrected chi connectivity index (χ4v) is 3.82. The number of hydrogen-bond donors (Lipinski definition) is 0. The van der Waals surface area contributed by atoms with Crippen molar-refractivity contribution in [3.63, 3.8) is 0 Å². The minimum atomic E-state index is -4.49. The molecule has 2 aliphatic rings. The standard InChI is InChI=1S/C21H25F3N4O/c1-15-4-2-3-5-17(15)13-26-8-10-27(11-9-26)20(29)14-28-18(16-6-7-16)12-19(25-28)21(22,23)24/h2-5,12,16H,6-11,13-14H2,1H3. The van der Waals surface area contributed by atoms with Crippen molar-refractivity contribution in [3.8, 4) is 0 Å². The van der Waals surface area contributed by atoms with Crippen molar-refractivity contribution in [1.82, 2.24) is 19.6 Å². The number of hydrogen-bond acceptors (Lipinski definition) is 3. The van der Waals surface area contributed by atoms with Crippen LogP contribution in [0, 0.1) is 6.92 Å². The van der Waals surface area contributed by atoms with Crippen molar-refractivity contribution < 1.29 is 18.0 Å². The largest absolute Gasteiger partial charge is 0.435 e. The Balaban J connectivity index is 1.36. The van der Waals surface area contributed by atoms with Crippen LogP contribution >= 0.6 is 0 Å². The third-order valence-corrected chi connectivity index (χ3v) is 5.76. The summed E-state index contributed by atoms with van der Waals surface area (Å²) in [6.07, 6.45) is -2.78. The highest BCUT2D eigenvalue weighted by Gasteiger charge is 2.38. The van der Waals surface area contributed by atoms with Crippen LogP contribution in [0.4, 0.5) is 13.2 Å². The molecule has 2 heterocycles. The van der Waals surface area contributed by atoms with E-state index in [4.69, 9.17) is 0 Å². The van der Waals surface area contributed by atoms with Crippen molar-refractivity contribution in [3.05, 3.63) is 52.8 Å². The zero-order valence-corrected chi connectivity index (χ0v) is 16.5. The van der Waals surface area contributed by atoms with E-state index in [2.05, 4.69) is 29.1 Å². The predicted molar refractivity (Wildman–Crippen MR) is 102 cm³/mol. The molecule has 1 aromatic carbocycles. The molecule has 4 rings (SSSR count). The van der Waals surface area contributed by atoms with Gasteiger partial charge in [0.25, 0.3) is 0 Å². The number of aryl methyl sites for hydroxylation is 1. The van der Waals surface area contributed by atoms with E-state index in [-0.39, 0.29) is 18.4 Å². The van der Waals surface area contributed by atoms with Crippen LogP contribution in [0.2, 0.25) is 0 Å². The van der Waals surface area contributed by atoms with Crippen molar-refractivity contribution in [2.75, 3.05) is 26.2 Å². The zero-order chi connectivity index (χ0) is 20.6. The number of carbonyl (C=O) groups is 1. The fraction of sp³-hybridized carbons (Fsp3) is 0.524. The fourth-order valence-electron chi connectivity index (χ4n) is 3.82. The monoisotopic (exact) mass is 406 g/mol. The molecule has 29 heavy (non-hydrogen) atoms. The summed E-state index contributed by atoms with van der Waals surface area (Å²) in [5.41, 5.74) is 2.15. The highest BCUT2D eigenvalue weighted by atomic mass is 19.4. The maximum absolute atomic E-state index is 13.0. The average Bonchev–Trinajstić information content (AvgIpc) is 3.43. The molecule has 0 spiro atoms. The predicted octanol–water partition coefficient (Wildman–Crippen LogP) is 3.43. The average molecular weight is 406 g/mol. The summed E-state index contributed by atoms with van der Waals surface area (Å²) in [5, 5.41) is 3.69. The zero-order valence-electron chi connectivity index (χ0n) is 16.5. The Hall–Kier alpha value is -2.35. The Morgan fingerprint density at radius 3 is 2.45 bits per heavy atom. The molecule has 0 N–H and O–H groups in total. The van der Waals surface area contributed by atoms with Crippen LogP contribution < -0.4 is 0 Å². The van der Waals surface area contributed by atoms with Crippen molar-refractivity contribution in [2.24, 2.45) is 0 Å². The second kappa shape index (κ2) is 7.82. The molecule has 1 aliphatic carbocycles. The van der Waals surface area contributed by atoms with E-state index < -0.39 is 11.9 Å². The van der Waals surface area contributed by atoms with E-state index in [1.807, 2.05) is 12.1 Å². The van der Waals surface area contributed by atoms with Crippen molar-refractivity contribution in [1.29, 1.82) is 0 Å². The normalized spacial score (nSPS) is 18.3. The summed E-state index contributed by atoms with van der Waals surface area (Å²) in [6.45, 7) is 5.47. The molecule has 8 heteroatoms. The van der Waals surface area contributed by atoms with Gasteiger partial charge >= 0.3 is 6.18 Å². The maximum atomic E-state index is 13.0. The second-order valence-corrected chi connectivity index (χ2v) is 7.97. The number of alkyl halides is 3. The van der Waals surface area contributed by atoms with E-state index >= 15 is 0 Å². The third kappa shape index (κ3) is 4.63. The van der Waals surface area contributed by atoms with Gasteiger partial charge in [-0.1, -0.05) is 24.3 Å². The first-order chi connectivity index (χ1) is 13.8. The molecular formula is C21H25F3N4O. The molecule has 156 valence electrons. The van der Waals surface area contributed by atoms with Crippen LogP contribution in [-0.2, 0) is 24.1 Å². The van der Waals surface area contributed by atoms with Crippen molar-refractivity contribution in [2.45, 2.75) is 44.9 Å². The lowest BCUT2D eigenvalue weighted by atomic mass is 10.1. The van der Waals surface area contributed by atoms with Gasteiger partial charge in [0.1, 0.15) is 6.54 Å². The lowest BCUT2D eigenvalue weighted by Crippen LogP contribution is -2.49. The molecule has 1 saturated heterocycles. The van der Waals surface area contributed by atoms with Gasteiger partial charge in [-0.2, -0.15) is 18.3 Å². The Morgan fingerprint density at radius 2 is 1.83 bits per heavy atom. The number of carbonyl (C=O) groups excluding carboxylic acids is 1. The number of benzene rings is 1. The van der Waals surface area contributed by atoms with E-state index in [0.29, 0.717) is 18.8 Å². The first kappa shape index (κ1) is 19.9. The number of halogens is 3. The SMILES string of the molecule is Cc1ccccc1CN1CCN(C(=O)Cn2nc(C(F)(F)F)cc2C2CC2)CC1. The first-order valence-electron chi connectivity index (χ1n) is 10.0. The minimum Gasteiger partial charge on any atom is -0.339 e. The summed E-state index contributed by atoms with van der Waals surface area (Å²) >= 11 is 0. The summed E-state index contributed by atoms with van der Waals surface area (Å²) in [6, 6.07) is 9.35. The highest BCUT2D eigenvalue weighted by Crippen LogP contribution is 2.42. The smallest absolute Gasteiger partial charge is 0.339 e. The molecule has 2 aromatic rings. The van der Waals surface area contributed by atoms with Gasteiger partial charge < -0.3 is 4.90 Å². The molecule has 0 unspecified atom stereocenters. The Morgan fingerprint density at radius 1 is 1.14 bits per heavy atom. The number of rotatable bonds is 5. The van der Waals surface area contributed by atoms with Gasteiger partial charge in [0.15, 0.2) is 5.69 Å². The van der Waals surface area contributed by atoms with Crippen LogP contribution in [0.1, 0.15) is 41.3 Å². The topological polar surface area (TPSA) is 41.4 Å². The van der Waals surface area contributed by atoms with E-state index in [1.54, 1.807) is 4.90 Å². The van der Waals surface area contributed by atoms with Gasteiger partial charge in [0.05, 0.1) is 0 Å². The molecule has 2 fully saturated rings. The Labute approximate surface area is 168 Å². The highest BCUT2D eigenvalue weighted by molar-refractivity contribution is 5.76. The maximum Gasteiger partial charge on any atom is 0.435 e. The number of amides is 1. The molecule has 0 bridgehead atoms. The van der Waals surface area contributed by atoms with Crippen molar-refractivity contribution >= 4 is 5.91 Å². The molecule has 1 aromatic heterocycles. The quantitative estimate of drug-likeness (QED) is 0.764. The van der Waals surface area contributed by atoms with Crippen LogP contribution in [0.25, 0.3) is 0 Å². The number of nitrogens with zero attached hydrogens (tertiary/aromatic N) is 4. The Kier molecular flexibility index (Phi) is 5.38. The van der Waals surface area contributed by atoms with Crippen LogP contribution in [-0.4, -0.2) is 51.7 Å². The summed E-state index contributed by atoms with van der Waals surface area (Å²) in [7, 11) is 0. The molecule has 1 saturated carbocycles. The van der Waals surface area contributed by atoms with Gasteiger partial charge in [-0.3, -0.25) is 14.4 Å². The molecule has 0 atom stereocenters.